The molecule has 120 valence electrons. The van der Waals surface area contributed by atoms with E-state index in [0.29, 0.717) is 5.56 Å². The average Bonchev–Trinajstić information content (AvgIpc) is 2.85. The first-order valence-corrected chi connectivity index (χ1v) is 7.61. The summed E-state index contributed by atoms with van der Waals surface area (Å²) in [4.78, 5) is 3.85. The summed E-state index contributed by atoms with van der Waals surface area (Å²) in [5.74, 6) is -0.419. The van der Waals surface area contributed by atoms with Crippen LogP contribution in [0, 0.1) is 5.92 Å². The summed E-state index contributed by atoms with van der Waals surface area (Å²) in [7, 11) is 0. The first-order chi connectivity index (χ1) is 10.4. The van der Waals surface area contributed by atoms with Gasteiger partial charge >= 0.3 is 0 Å². The third kappa shape index (κ3) is 3.80. The van der Waals surface area contributed by atoms with Crippen molar-refractivity contribution in [3.63, 3.8) is 0 Å². The predicted octanol–water partition coefficient (Wildman–Crippen LogP) is 2.41. The highest BCUT2D eigenvalue weighted by atomic mass is 35.5. The zero-order chi connectivity index (χ0) is 16.3. The van der Waals surface area contributed by atoms with Gasteiger partial charge in [-0.25, -0.2) is 4.98 Å². The smallest absolute Gasteiger partial charge is 0.166 e. The highest BCUT2D eigenvalue weighted by molar-refractivity contribution is 6.40. The number of aromatic nitrogens is 2. The normalized spacial score (nSPS) is 15.5. The monoisotopic (exact) mass is 344 g/mol. The number of benzene rings is 1. The molecule has 2 rings (SSSR count). The zero-order valence-electron chi connectivity index (χ0n) is 12.0. The zero-order valence-corrected chi connectivity index (χ0v) is 13.5. The van der Waals surface area contributed by atoms with Gasteiger partial charge in [-0.15, -0.1) is 0 Å². The third-order valence-electron chi connectivity index (χ3n) is 3.73. The minimum Gasteiger partial charge on any atom is -0.392 e. The molecule has 0 aliphatic rings. The molecule has 1 heterocycles. The van der Waals surface area contributed by atoms with Crippen molar-refractivity contribution in [2.75, 3.05) is 0 Å². The molecule has 0 fully saturated rings. The largest absolute Gasteiger partial charge is 0.392 e. The maximum atomic E-state index is 10.4. The standard InChI is InChI=1S/C15H18Cl2N2O3/c1-9(12(21)6-19-8-18-14(16)15(19)17)13(22)11-4-2-10(7-20)3-5-11/h2-5,8-9,12-13,20-22H,6-7H2,1H3. The van der Waals surface area contributed by atoms with Crippen molar-refractivity contribution in [3.05, 3.63) is 52.0 Å². The molecule has 5 nitrogen and oxygen atoms in total. The van der Waals surface area contributed by atoms with E-state index in [1.165, 1.54) is 10.9 Å². The van der Waals surface area contributed by atoms with Crippen LogP contribution in [-0.2, 0) is 13.2 Å². The second-order valence-corrected chi connectivity index (χ2v) is 5.97. The van der Waals surface area contributed by atoms with Gasteiger partial charge < -0.3 is 19.9 Å². The van der Waals surface area contributed by atoms with Crippen LogP contribution < -0.4 is 0 Å². The summed E-state index contributed by atoms with van der Waals surface area (Å²) in [5, 5.41) is 30.1. The van der Waals surface area contributed by atoms with Gasteiger partial charge in [0.1, 0.15) is 5.15 Å². The number of aliphatic hydroxyl groups is 3. The highest BCUT2D eigenvalue weighted by Crippen LogP contribution is 2.27. The molecule has 0 spiro atoms. The van der Waals surface area contributed by atoms with Crippen LogP contribution in [0.4, 0.5) is 0 Å². The molecule has 22 heavy (non-hydrogen) atoms. The second kappa shape index (κ2) is 7.44. The van der Waals surface area contributed by atoms with Crippen LogP contribution in [0.2, 0.25) is 10.3 Å². The molecule has 0 saturated carbocycles. The van der Waals surface area contributed by atoms with Crippen LogP contribution in [-0.4, -0.2) is 31.0 Å². The summed E-state index contributed by atoms with van der Waals surface area (Å²) >= 11 is 11.7. The average molecular weight is 345 g/mol. The van der Waals surface area contributed by atoms with Gasteiger partial charge in [0, 0.05) is 5.92 Å². The van der Waals surface area contributed by atoms with Crippen LogP contribution in [0.25, 0.3) is 0 Å². The molecular weight excluding hydrogens is 327 g/mol. The molecule has 0 radical (unpaired) electrons. The molecule has 0 bridgehead atoms. The Morgan fingerprint density at radius 1 is 1.18 bits per heavy atom. The predicted molar refractivity (Wildman–Crippen MR) is 84.7 cm³/mol. The fourth-order valence-electron chi connectivity index (χ4n) is 2.17. The van der Waals surface area contributed by atoms with Crippen LogP contribution in [0.5, 0.6) is 0 Å². The molecule has 1 aromatic carbocycles. The minimum atomic E-state index is -0.833. The lowest BCUT2D eigenvalue weighted by molar-refractivity contribution is 0.0123. The molecule has 3 atom stereocenters. The number of hydrogen-bond donors (Lipinski definition) is 3. The fourth-order valence-corrected chi connectivity index (χ4v) is 2.49. The van der Waals surface area contributed by atoms with Crippen LogP contribution in [0.15, 0.2) is 30.6 Å². The molecule has 1 aromatic heterocycles. The van der Waals surface area contributed by atoms with Crippen molar-refractivity contribution in [2.45, 2.75) is 32.3 Å². The highest BCUT2D eigenvalue weighted by Gasteiger charge is 2.25. The van der Waals surface area contributed by atoms with Crippen molar-refractivity contribution in [3.8, 4) is 0 Å². The maximum absolute atomic E-state index is 10.4. The van der Waals surface area contributed by atoms with Crippen molar-refractivity contribution >= 4 is 23.2 Å². The van der Waals surface area contributed by atoms with Gasteiger partial charge in [0.05, 0.1) is 31.7 Å². The number of hydrogen-bond acceptors (Lipinski definition) is 4. The van der Waals surface area contributed by atoms with E-state index in [0.717, 1.165) is 5.56 Å². The summed E-state index contributed by atoms with van der Waals surface area (Å²) in [6.07, 6.45) is -0.209. The quantitative estimate of drug-likeness (QED) is 0.751. The van der Waals surface area contributed by atoms with E-state index >= 15 is 0 Å². The van der Waals surface area contributed by atoms with E-state index in [-0.39, 0.29) is 23.5 Å². The third-order valence-corrected chi connectivity index (χ3v) is 4.49. The number of imidazole rings is 1. The van der Waals surface area contributed by atoms with E-state index < -0.39 is 18.1 Å². The molecule has 0 amide bonds. The lowest BCUT2D eigenvalue weighted by atomic mass is 9.92. The molecule has 7 heteroatoms. The number of halogens is 2. The fraction of sp³-hybridized carbons (Fsp3) is 0.400. The van der Waals surface area contributed by atoms with E-state index in [1.54, 1.807) is 31.2 Å². The van der Waals surface area contributed by atoms with Gasteiger partial charge in [0.15, 0.2) is 5.15 Å². The number of nitrogens with zero attached hydrogens (tertiary/aromatic N) is 2. The van der Waals surface area contributed by atoms with Crippen molar-refractivity contribution < 1.29 is 15.3 Å². The minimum absolute atomic E-state index is 0.0472. The SMILES string of the molecule is CC(C(O)Cn1cnc(Cl)c1Cl)C(O)c1ccc(CO)cc1. The van der Waals surface area contributed by atoms with Gasteiger partial charge in [-0.3, -0.25) is 0 Å². The Bertz CT molecular complexity index is 616. The van der Waals surface area contributed by atoms with Crippen molar-refractivity contribution in [2.24, 2.45) is 5.92 Å². The summed E-state index contributed by atoms with van der Waals surface area (Å²) in [6, 6.07) is 6.95. The van der Waals surface area contributed by atoms with E-state index in [4.69, 9.17) is 28.3 Å². The molecule has 2 aromatic rings. The molecule has 3 N–H and O–H groups in total. The molecule has 3 unspecified atom stereocenters. The molecule has 0 aliphatic carbocycles. The van der Waals surface area contributed by atoms with Gasteiger partial charge in [0.25, 0.3) is 0 Å². The summed E-state index contributed by atoms with van der Waals surface area (Å²) in [5.41, 5.74) is 1.45. The lowest BCUT2D eigenvalue weighted by Crippen LogP contribution is -2.28. The molecule has 0 saturated heterocycles. The Balaban J connectivity index is 2.05. The number of rotatable bonds is 6. The molecular formula is C15H18Cl2N2O3. The Kier molecular flexibility index (Phi) is 5.83. The van der Waals surface area contributed by atoms with E-state index in [2.05, 4.69) is 4.98 Å². The summed E-state index contributed by atoms with van der Waals surface area (Å²) in [6.45, 7) is 1.89. The topological polar surface area (TPSA) is 78.5 Å². The van der Waals surface area contributed by atoms with Crippen LogP contribution in [0.1, 0.15) is 24.2 Å². The Labute approximate surface area is 138 Å². The molecule has 0 aliphatic heterocycles. The van der Waals surface area contributed by atoms with Crippen LogP contribution in [0.3, 0.4) is 0 Å². The van der Waals surface area contributed by atoms with Crippen molar-refractivity contribution in [1.29, 1.82) is 0 Å². The van der Waals surface area contributed by atoms with E-state index in [9.17, 15) is 10.2 Å². The Morgan fingerprint density at radius 3 is 2.32 bits per heavy atom. The lowest BCUT2D eigenvalue weighted by Gasteiger charge is -2.25. The Hall–Kier alpha value is -1.11. The first-order valence-electron chi connectivity index (χ1n) is 6.86. The number of aliphatic hydroxyl groups excluding tert-OH is 3. The summed E-state index contributed by atoms with van der Waals surface area (Å²) < 4.78 is 1.53. The van der Waals surface area contributed by atoms with Gasteiger partial charge in [-0.1, -0.05) is 54.4 Å². The Morgan fingerprint density at radius 2 is 1.82 bits per heavy atom. The first kappa shape index (κ1) is 17.2. The van der Waals surface area contributed by atoms with Crippen LogP contribution >= 0.6 is 23.2 Å². The maximum Gasteiger partial charge on any atom is 0.166 e. The van der Waals surface area contributed by atoms with Crippen molar-refractivity contribution in [1.82, 2.24) is 9.55 Å². The van der Waals surface area contributed by atoms with Gasteiger partial charge in [-0.05, 0) is 11.1 Å². The van der Waals surface area contributed by atoms with Gasteiger partial charge in [0.2, 0.25) is 0 Å². The second-order valence-electron chi connectivity index (χ2n) is 5.25. The van der Waals surface area contributed by atoms with Gasteiger partial charge in [-0.2, -0.15) is 0 Å². The van der Waals surface area contributed by atoms with E-state index in [1.807, 2.05) is 0 Å².